The van der Waals surface area contributed by atoms with Gasteiger partial charge in [-0.25, -0.2) is 8.42 Å². The summed E-state index contributed by atoms with van der Waals surface area (Å²) >= 11 is 0. The van der Waals surface area contributed by atoms with Gasteiger partial charge in [-0.1, -0.05) is 36.8 Å². The summed E-state index contributed by atoms with van der Waals surface area (Å²) in [5, 5.41) is 2.93. The number of carbonyl (C=O) groups excluding carboxylic acids is 2. The Hall–Kier alpha value is -4.05. The van der Waals surface area contributed by atoms with Crippen molar-refractivity contribution in [2.75, 3.05) is 24.6 Å². The first-order chi connectivity index (χ1) is 20.0. The van der Waals surface area contributed by atoms with Crippen LogP contribution in [-0.2, 0) is 26.2 Å². The molecule has 0 aliphatic rings. The van der Waals surface area contributed by atoms with E-state index in [0.29, 0.717) is 23.8 Å². The lowest BCUT2D eigenvalue weighted by molar-refractivity contribution is -0.139. The summed E-state index contributed by atoms with van der Waals surface area (Å²) in [6.45, 7) is 9.25. The number of benzene rings is 3. The average Bonchev–Trinajstić information content (AvgIpc) is 2.99. The van der Waals surface area contributed by atoms with Crippen LogP contribution in [0.15, 0.2) is 77.7 Å². The van der Waals surface area contributed by atoms with Gasteiger partial charge in [0.2, 0.25) is 11.8 Å². The van der Waals surface area contributed by atoms with Crippen LogP contribution < -0.4 is 19.1 Å². The van der Waals surface area contributed by atoms with Gasteiger partial charge in [-0.05, 0) is 88.2 Å². The lowest BCUT2D eigenvalue weighted by atomic mass is 10.1. The number of amides is 2. The first-order valence-corrected chi connectivity index (χ1v) is 15.5. The molecule has 10 heteroatoms. The van der Waals surface area contributed by atoms with Crippen molar-refractivity contribution in [1.29, 1.82) is 0 Å². The summed E-state index contributed by atoms with van der Waals surface area (Å²) in [5.74, 6) is 0.299. The minimum absolute atomic E-state index is 0.0150. The van der Waals surface area contributed by atoms with Crippen LogP contribution in [0, 0.1) is 6.92 Å². The molecule has 226 valence electrons. The predicted molar refractivity (Wildman–Crippen MR) is 164 cm³/mol. The van der Waals surface area contributed by atoms with E-state index in [1.165, 1.54) is 17.0 Å². The van der Waals surface area contributed by atoms with Crippen molar-refractivity contribution in [3.05, 3.63) is 83.9 Å². The SMILES string of the molecule is CCOc1ccc(S(=O)(=O)N(CC(=O)N(Cc2cccc(OC)c2)[C@@H](C)C(=O)N[C@H](C)CC)c2ccc(C)cc2)cc1. The van der Waals surface area contributed by atoms with Gasteiger partial charge >= 0.3 is 0 Å². The monoisotopic (exact) mass is 595 g/mol. The summed E-state index contributed by atoms with van der Waals surface area (Å²) in [6.07, 6.45) is 0.726. The number of sulfonamides is 1. The summed E-state index contributed by atoms with van der Waals surface area (Å²) in [5.41, 5.74) is 2.02. The third-order valence-electron chi connectivity index (χ3n) is 6.98. The number of methoxy groups -OCH3 is 1. The predicted octanol–water partition coefficient (Wildman–Crippen LogP) is 4.93. The fourth-order valence-corrected chi connectivity index (χ4v) is 5.67. The van der Waals surface area contributed by atoms with Crippen molar-refractivity contribution in [2.45, 2.75) is 64.6 Å². The van der Waals surface area contributed by atoms with Crippen molar-refractivity contribution in [2.24, 2.45) is 0 Å². The Morgan fingerprint density at radius 2 is 1.60 bits per heavy atom. The van der Waals surface area contributed by atoms with Gasteiger partial charge in [0, 0.05) is 12.6 Å². The quantitative estimate of drug-likeness (QED) is 0.283. The highest BCUT2D eigenvalue weighted by atomic mass is 32.2. The molecule has 0 saturated heterocycles. The Balaban J connectivity index is 2.02. The van der Waals surface area contributed by atoms with E-state index < -0.39 is 28.5 Å². The molecule has 0 aliphatic carbocycles. The van der Waals surface area contributed by atoms with Gasteiger partial charge in [-0.3, -0.25) is 13.9 Å². The highest BCUT2D eigenvalue weighted by Gasteiger charge is 2.33. The Morgan fingerprint density at radius 3 is 2.19 bits per heavy atom. The number of hydrogen-bond acceptors (Lipinski definition) is 6. The summed E-state index contributed by atoms with van der Waals surface area (Å²) < 4.78 is 39.9. The van der Waals surface area contributed by atoms with Gasteiger partial charge in [0.05, 0.1) is 24.3 Å². The molecule has 3 aromatic rings. The minimum atomic E-state index is -4.17. The molecule has 9 nitrogen and oxygen atoms in total. The number of anilines is 1. The Morgan fingerprint density at radius 1 is 0.929 bits per heavy atom. The van der Waals surface area contributed by atoms with Crippen molar-refractivity contribution in [3.63, 3.8) is 0 Å². The van der Waals surface area contributed by atoms with E-state index in [2.05, 4.69) is 5.32 Å². The Bertz CT molecular complexity index is 1440. The largest absolute Gasteiger partial charge is 0.497 e. The molecule has 0 heterocycles. The number of nitrogens with one attached hydrogen (secondary N) is 1. The second-order valence-corrected chi connectivity index (χ2v) is 12.0. The maximum atomic E-state index is 14.1. The maximum absolute atomic E-state index is 14.1. The number of hydrogen-bond donors (Lipinski definition) is 1. The van der Waals surface area contributed by atoms with Gasteiger partial charge in [0.1, 0.15) is 24.1 Å². The molecule has 0 bridgehead atoms. The second-order valence-electron chi connectivity index (χ2n) is 10.1. The Labute approximate surface area is 249 Å². The van der Waals surface area contributed by atoms with Crippen LogP contribution in [0.2, 0.25) is 0 Å². The smallest absolute Gasteiger partial charge is 0.264 e. The van der Waals surface area contributed by atoms with Crippen molar-refractivity contribution < 1.29 is 27.5 Å². The molecule has 0 radical (unpaired) electrons. The van der Waals surface area contributed by atoms with Crippen LogP contribution in [0.3, 0.4) is 0 Å². The van der Waals surface area contributed by atoms with E-state index in [4.69, 9.17) is 9.47 Å². The lowest BCUT2D eigenvalue weighted by Crippen LogP contribution is -2.52. The van der Waals surface area contributed by atoms with E-state index in [9.17, 15) is 18.0 Å². The first-order valence-electron chi connectivity index (χ1n) is 14.0. The zero-order chi connectivity index (χ0) is 30.9. The molecule has 0 aliphatic heterocycles. The summed E-state index contributed by atoms with van der Waals surface area (Å²) in [7, 11) is -2.62. The van der Waals surface area contributed by atoms with Crippen molar-refractivity contribution in [3.8, 4) is 11.5 Å². The summed E-state index contributed by atoms with van der Waals surface area (Å²) in [6, 6.07) is 19.3. The van der Waals surface area contributed by atoms with E-state index in [1.54, 1.807) is 68.6 Å². The Kier molecular flexibility index (Phi) is 11.4. The molecule has 0 aromatic heterocycles. The second kappa shape index (κ2) is 14.7. The van der Waals surface area contributed by atoms with E-state index in [0.717, 1.165) is 21.9 Å². The highest BCUT2D eigenvalue weighted by molar-refractivity contribution is 7.92. The van der Waals surface area contributed by atoms with Crippen LogP contribution in [0.4, 0.5) is 5.69 Å². The molecule has 0 fully saturated rings. The van der Waals surface area contributed by atoms with Crippen LogP contribution >= 0.6 is 0 Å². The van der Waals surface area contributed by atoms with Crippen LogP contribution in [0.25, 0.3) is 0 Å². The van der Waals surface area contributed by atoms with Gasteiger partial charge in [-0.15, -0.1) is 0 Å². The zero-order valence-electron chi connectivity index (χ0n) is 25.2. The lowest BCUT2D eigenvalue weighted by Gasteiger charge is -2.32. The van der Waals surface area contributed by atoms with E-state index >= 15 is 0 Å². The number of rotatable bonds is 14. The maximum Gasteiger partial charge on any atom is 0.264 e. The fraction of sp³-hybridized carbons (Fsp3) is 0.375. The standard InChI is InChI=1S/C32H41N3O6S/c1-7-24(4)33-32(37)25(5)34(21-26-10-9-11-29(20-26)40-6)31(36)22-35(27-14-12-23(3)13-15-27)42(38,39)30-18-16-28(17-19-30)41-8-2/h9-20,24-25H,7-8,21-22H2,1-6H3,(H,33,37)/t24-,25+/m1/s1. The van der Waals surface area contributed by atoms with E-state index in [-0.39, 0.29) is 23.4 Å². The molecule has 3 aromatic carbocycles. The van der Waals surface area contributed by atoms with Gasteiger partial charge < -0.3 is 19.7 Å². The fourth-order valence-electron chi connectivity index (χ4n) is 4.26. The molecule has 0 saturated carbocycles. The third-order valence-corrected chi connectivity index (χ3v) is 8.77. The number of carbonyl (C=O) groups is 2. The highest BCUT2D eigenvalue weighted by Crippen LogP contribution is 2.26. The normalized spacial score (nSPS) is 12.6. The average molecular weight is 596 g/mol. The van der Waals surface area contributed by atoms with Crippen LogP contribution in [0.1, 0.15) is 45.2 Å². The van der Waals surface area contributed by atoms with Gasteiger partial charge in [0.25, 0.3) is 10.0 Å². The topological polar surface area (TPSA) is 105 Å². The number of nitrogens with zero attached hydrogens (tertiary/aromatic N) is 2. The minimum Gasteiger partial charge on any atom is -0.497 e. The molecule has 2 amide bonds. The number of ether oxygens (including phenoxy) is 2. The van der Waals surface area contributed by atoms with Gasteiger partial charge in [-0.2, -0.15) is 0 Å². The van der Waals surface area contributed by atoms with Crippen molar-refractivity contribution >= 4 is 27.5 Å². The molecular weight excluding hydrogens is 554 g/mol. The molecule has 1 N–H and O–H groups in total. The molecule has 0 unspecified atom stereocenters. The first kappa shape index (κ1) is 32.5. The van der Waals surface area contributed by atoms with Gasteiger partial charge in [0.15, 0.2) is 0 Å². The molecule has 42 heavy (non-hydrogen) atoms. The molecule has 0 spiro atoms. The van der Waals surface area contributed by atoms with Crippen LogP contribution in [-0.4, -0.2) is 57.5 Å². The molecule has 3 rings (SSSR count). The van der Waals surface area contributed by atoms with Crippen molar-refractivity contribution in [1.82, 2.24) is 10.2 Å². The number of aryl methyl sites for hydroxylation is 1. The molecule has 2 atom stereocenters. The van der Waals surface area contributed by atoms with E-state index in [1.807, 2.05) is 33.8 Å². The summed E-state index contributed by atoms with van der Waals surface area (Å²) in [4.78, 5) is 28.7. The zero-order valence-corrected chi connectivity index (χ0v) is 26.0. The van der Waals surface area contributed by atoms with Crippen LogP contribution in [0.5, 0.6) is 11.5 Å². The third kappa shape index (κ3) is 8.25. The molecular formula is C32H41N3O6S.